The molecule has 28 heavy (non-hydrogen) atoms. The van der Waals surface area contributed by atoms with Crippen molar-refractivity contribution in [2.45, 2.75) is 38.5 Å². The Morgan fingerprint density at radius 3 is 1.11 bits per heavy atom. The molecule has 0 saturated carbocycles. The molecule has 0 aromatic carbocycles. The van der Waals surface area contributed by atoms with Crippen molar-refractivity contribution in [1.82, 2.24) is 21.3 Å². The maximum atomic E-state index is 11.5. The summed E-state index contributed by atoms with van der Waals surface area (Å²) in [5.41, 5.74) is 0. The van der Waals surface area contributed by atoms with Gasteiger partial charge in [-0.05, 0) is 12.8 Å². The lowest BCUT2D eigenvalue weighted by Gasteiger charge is -2.06. The molecule has 0 aliphatic rings. The van der Waals surface area contributed by atoms with Crippen LogP contribution in [0.3, 0.4) is 0 Å². The second-order valence-corrected chi connectivity index (χ2v) is 5.81. The third kappa shape index (κ3) is 16.3. The van der Waals surface area contributed by atoms with Crippen molar-refractivity contribution in [2.75, 3.05) is 26.2 Å². The largest absolute Gasteiger partial charge is 0.480 e. The summed E-state index contributed by atoms with van der Waals surface area (Å²) in [5, 5.41) is 25.8. The zero-order valence-electron chi connectivity index (χ0n) is 15.4. The van der Waals surface area contributed by atoms with Crippen LogP contribution in [0.2, 0.25) is 0 Å². The summed E-state index contributed by atoms with van der Waals surface area (Å²) in [6.07, 6.45) is 2.96. The fraction of sp³-hybridized carbons (Fsp3) is 0.625. The minimum absolute atomic E-state index is 0.210. The first-order chi connectivity index (χ1) is 13.2. The number of unbranched alkanes of at least 4 members (excludes halogenated alkanes) is 3. The summed E-state index contributed by atoms with van der Waals surface area (Å²) in [4.78, 5) is 66.0. The summed E-state index contributed by atoms with van der Waals surface area (Å²) in [5.74, 6) is -4.16. The lowest BCUT2D eigenvalue weighted by Crippen LogP contribution is -2.39. The van der Waals surface area contributed by atoms with Gasteiger partial charge in [0.25, 0.3) is 0 Å². The van der Waals surface area contributed by atoms with Crippen molar-refractivity contribution in [1.29, 1.82) is 0 Å². The van der Waals surface area contributed by atoms with Crippen LogP contribution < -0.4 is 21.3 Å². The summed E-state index contributed by atoms with van der Waals surface area (Å²) >= 11 is 0. The molecular weight excluding hydrogens is 376 g/mol. The maximum absolute atomic E-state index is 11.5. The maximum Gasteiger partial charge on any atom is 0.322 e. The van der Waals surface area contributed by atoms with E-state index in [0.29, 0.717) is 25.7 Å². The van der Waals surface area contributed by atoms with Crippen LogP contribution in [0.4, 0.5) is 0 Å². The molecule has 0 radical (unpaired) electrons. The number of carboxylic acids is 2. The third-order valence-corrected chi connectivity index (χ3v) is 3.32. The molecule has 0 heterocycles. The molecule has 0 unspecified atom stereocenters. The van der Waals surface area contributed by atoms with Crippen LogP contribution in [0.15, 0.2) is 0 Å². The van der Waals surface area contributed by atoms with E-state index in [0.717, 1.165) is 0 Å². The highest BCUT2D eigenvalue weighted by atomic mass is 16.4. The normalized spacial score (nSPS) is 9.86. The number of carbonyl (C=O) groups is 6. The molecule has 158 valence electrons. The first kappa shape index (κ1) is 24.8. The van der Waals surface area contributed by atoms with Crippen molar-refractivity contribution in [3.8, 4) is 0 Å². The number of hydrogen-bond acceptors (Lipinski definition) is 6. The highest BCUT2D eigenvalue weighted by Crippen LogP contribution is 2.05. The van der Waals surface area contributed by atoms with E-state index in [1.165, 1.54) is 0 Å². The molecule has 0 aromatic heterocycles. The molecule has 0 aromatic rings. The van der Waals surface area contributed by atoms with Crippen molar-refractivity contribution >= 4 is 35.6 Å². The zero-order valence-corrected chi connectivity index (χ0v) is 15.4. The van der Waals surface area contributed by atoms with Crippen molar-refractivity contribution in [2.24, 2.45) is 0 Å². The Hall–Kier alpha value is -3.18. The van der Waals surface area contributed by atoms with Gasteiger partial charge in [-0.1, -0.05) is 12.8 Å². The van der Waals surface area contributed by atoms with E-state index < -0.39 is 36.8 Å². The fourth-order valence-corrected chi connectivity index (χ4v) is 1.93. The quantitative estimate of drug-likeness (QED) is 0.169. The van der Waals surface area contributed by atoms with E-state index in [1.54, 1.807) is 0 Å². The first-order valence-corrected chi connectivity index (χ1v) is 8.71. The second-order valence-electron chi connectivity index (χ2n) is 5.81. The predicted octanol–water partition coefficient (Wildman–Crippen LogP) is -2.04. The third-order valence-electron chi connectivity index (χ3n) is 3.32. The molecule has 0 bridgehead atoms. The molecule has 12 heteroatoms. The van der Waals surface area contributed by atoms with E-state index in [4.69, 9.17) is 10.2 Å². The van der Waals surface area contributed by atoms with Gasteiger partial charge in [0.2, 0.25) is 23.6 Å². The summed E-state index contributed by atoms with van der Waals surface area (Å²) in [7, 11) is 0. The number of carbonyl (C=O) groups excluding carboxylic acids is 4. The van der Waals surface area contributed by atoms with E-state index in [1.807, 2.05) is 0 Å². The van der Waals surface area contributed by atoms with Gasteiger partial charge in [0.1, 0.15) is 13.1 Å². The van der Waals surface area contributed by atoms with Crippen LogP contribution in [0.25, 0.3) is 0 Å². The number of hydrogen-bond donors (Lipinski definition) is 6. The van der Waals surface area contributed by atoms with Gasteiger partial charge in [-0.3, -0.25) is 28.8 Å². The van der Waals surface area contributed by atoms with Gasteiger partial charge in [-0.15, -0.1) is 0 Å². The topological polar surface area (TPSA) is 191 Å². The predicted molar refractivity (Wildman–Crippen MR) is 95.0 cm³/mol. The minimum atomic E-state index is -1.17. The van der Waals surface area contributed by atoms with Crippen LogP contribution in [-0.4, -0.2) is 72.0 Å². The molecule has 0 atom stereocenters. The minimum Gasteiger partial charge on any atom is -0.480 e. The number of rotatable bonds is 15. The van der Waals surface area contributed by atoms with Gasteiger partial charge >= 0.3 is 11.9 Å². The lowest BCUT2D eigenvalue weighted by atomic mass is 10.1. The molecule has 0 fully saturated rings. The number of aliphatic carboxylic acids is 2. The van der Waals surface area contributed by atoms with Gasteiger partial charge in [-0.2, -0.15) is 0 Å². The molecule has 0 aliphatic heterocycles. The monoisotopic (exact) mass is 402 g/mol. The van der Waals surface area contributed by atoms with E-state index >= 15 is 0 Å². The van der Waals surface area contributed by atoms with Crippen LogP contribution in [0.5, 0.6) is 0 Å². The summed E-state index contributed by atoms with van der Waals surface area (Å²) in [6.45, 7) is -1.58. The lowest BCUT2D eigenvalue weighted by molar-refractivity contribution is -0.138. The van der Waals surface area contributed by atoms with Gasteiger partial charge in [0.15, 0.2) is 0 Å². The fourth-order valence-electron chi connectivity index (χ4n) is 1.93. The Morgan fingerprint density at radius 2 is 0.786 bits per heavy atom. The highest BCUT2D eigenvalue weighted by Gasteiger charge is 2.08. The number of carboxylic acid groups (broad SMARTS) is 2. The molecule has 0 spiro atoms. The Bertz CT molecular complexity index is 529. The van der Waals surface area contributed by atoms with E-state index in [-0.39, 0.29) is 37.7 Å². The Kier molecular flexibility index (Phi) is 13.2. The van der Waals surface area contributed by atoms with Crippen molar-refractivity contribution in [3.63, 3.8) is 0 Å². The van der Waals surface area contributed by atoms with Crippen molar-refractivity contribution < 1.29 is 39.0 Å². The molecule has 0 aliphatic carbocycles. The van der Waals surface area contributed by atoms with E-state index in [2.05, 4.69) is 21.3 Å². The van der Waals surface area contributed by atoms with Gasteiger partial charge < -0.3 is 31.5 Å². The highest BCUT2D eigenvalue weighted by molar-refractivity contribution is 5.87. The zero-order chi connectivity index (χ0) is 21.4. The number of nitrogens with one attached hydrogen (secondary N) is 4. The van der Waals surface area contributed by atoms with Crippen LogP contribution >= 0.6 is 0 Å². The second kappa shape index (κ2) is 14.9. The van der Waals surface area contributed by atoms with Gasteiger partial charge in [0, 0.05) is 12.8 Å². The standard InChI is InChI=1S/C16H26N4O8/c21-11(17-7-13(23)19-9-15(25)26)5-3-1-2-4-6-12(22)18-8-14(24)20-10-16(27)28/h1-10H2,(H,17,21)(H,18,22)(H,19,23)(H,20,24)(H,25,26)(H,27,28). The molecule has 0 saturated heterocycles. The average Bonchev–Trinajstić information content (AvgIpc) is 2.63. The molecular formula is C16H26N4O8. The summed E-state index contributed by atoms with van der Waals surface area (Å²) in [6, 6.07) is 0. The Labute approximate surface area is 161 Å². The number of amides is 4. The molecule has 12 nitrogen and oxygen atoms in total. The Balaban J connectivity index is 3.59. The average molecular weight is 402 g/mol. The van der Waals surface area contributed by atoms with Crippen LogP contribution in [0.1, 0.15) is 38.5 Å². The van der Waals surface area contributed by atoms with E-state index in [9.17, 15) is 28.8 Å². The SMILES string of the molecule is O=C(O)CNC(=O)CNC(=O)CCCCCCC(=O)NCC(=O)NCC(=O)O. The molecule has 4 amide bonds. The summed E-state index contributed by atoms with van der Waals surface area (Å²) < 4.78 is 0. The van der Waals surface area contributed by atoms with Gasteiger partial charge in [-0.25, -0.2) is 0 Å². The van der Waals surface area contributed by atoms with Crippen LogP contribution in [-0.2, 0) is 28.8 Å². The van der Waals surface area contributed by atoms with Crippen molar-refractivity contribution in [3.05, 3.63) is 0 Å². The smallest absolute Gasteiger partial charge is 0.322 e. The molecule has 6 N–H and O–H groups in total. The first-order valence-electron chi connectivity index (χ1n) is 8.71. The van der Waals surface area contributed by atoms with Gasteiger partial charge in [0.05, 0.1) is 13.1 Å². The van der Waals surface area contributed by atoms with Crippen LogP contribution in [0, 0.1) is 0 Å². The Morgan fingerprint density at radius 1 is 0.464 bits per heavy atom. The molecule has 0 rings (SSSR count).